The molecule has 33 heavy (non-hydrogen) atoms. The number of benzene rings is 1. The molecule has 1 fully saturated rings. The molecule has 4 rings (SSSR count). The van der Waals surface area contributed by atoms with Gasteiger partial charge in [-0.3, -0.25) is 9.78 Å². The molecule has 2 aromatic heterocycles. The van der Waals surface area contributed by atoms with E-state index in [1.165, 1.54) is 5.38 Å². The highest BCUT2D eigenvalue weighted by atomic mass is 32.1. The van der Waals surface area contributed by atoms with Crippen LogP contribution in [0.2, 0.25) is 0 Å². The van der Waals surface area contributed by atoms with Gasteiger partial charge in [0.2, 0.25) is 5.88 Å². The van der Waals surface area contributed by atoms with E-state index in [0.717, 1.165) is 48.5 Å². The van der Waals surface area contributed by atoms with Crippen LogP contribution in [-0.2, 0) is 12.6 Å². The fraction of sp³-hybridized carbons (Fsp3) is 0.429. The van der Waals surface area contributed by atoms with Crippen LogP contribution < -0.4 is 15.1 Å². The molecule has 3 heterocycles. The number of halogens is 3. The summed E-state index contributed by atoms with van der Waals surface area (Å²) in [4.78, 5) is 19.8. The molecule has 7 nitrogen and oxygen atoms in total. The second-order valence-corrected chi connectivity index (χ2v) is 9.82. The van der Waals surface area contributed by atoms with Crippen LogP contribution in [0.3, 0.4) is 0 Å². The molecule has 12 heteroatoms. The zero-order chi connectivity index (χ0) is 23.6. The van der Waals surface area contributed by atoms with Gasteiger partial charge >= 0.3 is 11.0 Å². The Morgan fingerprint density at radius 2 is 1.94 bits per heavy atom. The number of piperidine rings is 1. The first-order valence-corrected chi connectivity index (χ1v) is 12.1. The van der Waals surface area contributed by atoms with E-state index < -0.39 is 17.3 Å². The second-order valence-electron chi connectivity index (χ2n) is 7.89. The Hall–Kier alpha value is -2.41. The Morgan fingerprint density at radius 1 is 1.24 bits per heavy atom. The molecule has 0 saturated carbocycles. The smallest absolute Gasteiger partial charge is 0.443 e. The fourth-order valence-corrected chi connectivity index (χ4v) is 5.27. The van der Waals surface area contributed by atoms with E-state index >= 15 is 0 Å². The maximum absolute atomic E-state index is 12.7. The summed E-state index contributed by atoms with van der Waals surface area (Å²) < 4.78 is 38.0. The molecule has 3 aromatic rings. The van der Waals surface area contributed by atoms with Gasteiger partial charge in [0.1, 0.15) is 6.10 Å². The third kappa shape index (κ3) is 5.94. The Balaban J connectivity index is 1.24. The van der Waals surface area contributed by atoms with Crippen molar-refractivity contribution in [1.29, 1.82) is 0 Å². The lowest BCUT2D eigenvalue weighted by Crippen LogP contribution is -2.43. The molecule has 1 aliphatic rings. The number of aliphatic hydroxyl groups excluding tert-OH is 1. The van der Waals surface area contributed by atoms with E-state index in [1.54, 1.807) is 0 Å². The van der Waals surface area contributed by atoms with Crippen LogP contribution in [0.5, 0.6) is 5.88 Å². The Labute approximate surface area is 195 Å². The molecule has 0 amide bonds. The van der Waals surface area contributed by atoms with Crippen LogP contribution in [-0.4, -0.2) is 45.9 Å². The van der Waals surface area contributed by atoms with Gasteiger partial charge in [0.05, 0.1) is 10.6 Å². The zero-order valence-corrected chi connectivity index (χ0v) is 19.1. The van der Waals surface area contributed by atoms with Crippen molar-refractivity contribution in [3.8, 4) is 5.88 Å². The number of nitrogens with zero attached hydrogens (tertiary/aromatic N) is 2. The van der Waals surface area contributed by atoms with Gasteiger partial charge < -0.3 is 20.4 Å². The maximum atomic E-state index is 12.7. The lowest BCUT2D eigenvalue weighted by molar-refractivity contribution is -0.137. The number of aromatic hydroxyl groups is 1. The van der Waals surface area contributed by atoms with Gasteiger partial charge in [0.15, 0.2) is 5.01 Å². The number of H-pyrrole nitrogens is 1. The number of aromatic nitrogens is 2. The molecule has 0 bridgehead atoms. The van der Waals surface area contributed by atoms with Crippen molar-refractivity contribution < 1.29 is 23.4 Å². The predicted octanol–water partition coefficient (Wildman–Crippen LogP) is 3.50. The highest BCUT2D eigenvalue weighted by Crippen LogP contribution is 2.33. The number of thiazole rings is 2. The van der Waals surface area contributed by atoms with Crippen molar-refractivity contribution in [3.05, 3.63) is 60.5 Å². The van der Waals surface area contributed by atoms with Crippen LogP contribution in [0, 0.1) is 0 Å². The number of nitrogens with one attached hydrogen (secondary N) is 2. The molecule has 0 spiro atoms. The van der Waals surface area contributed by atoms with E-state index in [0.29, 0.717) is 22.6 Å². The summed E-state index contributed by atoms with van der Waals surface area (Å²) in [5.41, 5.74) is 2.11. The monoisotopic (exact) mass is 500 g/mol. The van der Waals surface area contributed by atoms with E-state index in [1.807, 2.05) is 24.3 Å². The number of hydrogen-bond acceptors (Lipinski definition) is 8. The summed E-state index contributed by atoms with van der Waals surface area (Å²) in [7, 11) is 0. The van der Waals surface area contributed by atoms with Gasteiger partial charge in [-0.1, -0.05) is 23.5 Å². The minimum absolute atomic E-state index is 0.0394. The van der Waals surface area contributed by atoms with Crippen LogP contribution >= 0.6 is 22.7 Å². The second kappa shape index (κ2) is 9.84. The average molecular weight is 501 g/mol. The largest absolute Gasteiger partial charge is 0.494 e. The minimum atomic E-state index is -4.49. The fourth-order valence-electron chi connectivity index (χ4n) is 3.78. The third-order valence-electron chi connectivity index (χ3n) is 5.57. The summed E-state index contributed by atoms with van der Waals surface area (Å²) in [5.74, 6) is -0.0793. The van der Waals surface area contributed by atoms with Gasteiger partial charge in [0.25, 0.3) is 0 Å². The van der Waals surface area contributed by atoms with Crippen molar-refractivity contribution in [1.82, 2.24) is 15.3 Å². The molecule has 1 atom stereocenters. The summed E-state index contributed by atoms with van der Waals surface area (Å²) in [5, 5.41) is 23.4. The number of aliphatic hydroxyl groups is 1. The average Bonchev–Trinajstić information content (AvgIpc) is 3.40. The van der Waals surface area contributed by atoms with Crippen molar-refractivity contribution in [2.75, 3.05) is 24.5 Å². The Bertz CT molecular complexity index is 1120. The van der Waals surface area contributed by atoms with Gasteiger partial charge in [0, 0.05) is 43.2 Å². The van der Waals surface area contributed by atoms with E-state index in [9.17, 15) is 28.2 Å². The summed E-state index contributed by atoms with van der Waals surface area (Å²) in [6, 6.07) is 8.14. The zero-order valence-electron chi connectivity index (χ0n) is 17.4. The van der Waals surface area contributed by atoms with Crippen LogP contribution in [0.15, 0.2) is 34.4 Å². The number of alkyl halides is 3. The third-order valence-corrected chi connectivity index (χ3v) is 7.34. The number of anilines is 1. The Kier molecular flexibility index (Phi) is 7.07. The molecule has 0 unspecified atom stereocenters. The first-order valence-electron chi connectivity index (χ1n) is 10.4. The predicted molar refractivity (Wildman–Crippen MR) is 121 cm³/mol. The summed E-state index contributed by atoms with van der Waals surface area (Å²) >= 11 is 1.49. The van der Waals surface area contributed by atoms with Crippen molar-refractivity contribution in [3.63, 3.8) is 0 Å². The molecule has 0 radical (unpaired) electrons. The van der Waals surface area contributed by atoms with Gasteiger partial charge in [-0.05, 0) is 30.5 Å². The lowest BCUT2D eigenvalue weighted by atomic mass is 10.0. The number of aromatic amines is 1. The van der Waals surface area contributed by atoms with Gasteiger partial charge in [-0.15, -0.1) is 11.3 Å². The molecular formula is C21H23F3N4O3S2. The highest BCUT2D eigenvalue weighted by Gasteiger charge is 2.35. The minimum Gasteiger partial charge on any atom is -0.494 e. The SMILES string of the molecule is O=c1[nH]c(O)c(Cc2ccc(N3CCC(NC[C@H](O)c4csc(C(F)(F)F)n4)CC3)cc2)s1. The molecular weight excluding hydrogens is 477 g/mol. The normalized spacial score (nSPS) is 16.3. The Morgan fingerprint density at radius 3 is 2.52 bits per heavy atom. The van der Waals surface area contributed by atoms with Crippen molar-refractivity contribution >= 4 is 28.4 Å². The number of rotatable bonds is 7. The van der Waals surface area contributed by atoms with Crippen LogP contribution in [0.4, 0.5) is 18.9 Å². The van der Waals surface area contributed by atoms with Crippen LogP contribution in [0.1, 0.15) is 40.1 Å². The first kappa shape index (κ1) is 23.7. The van der Waals surface area contributed by atoms with Gasteiger partial charge in [-0.25, -0.2) is 4.98 Å². The standard InChI is InChI=1S/C21H23F3N4O3S2/c22-21(23,24)19-26-15(11-32-19)16(29)10-25-13-5-7-28(8-6-13)14-3-1-12(2-4-14)9-17-18(30)27-20(31)33-17/h1-4,11,13,16,25,29-30H,5-10H2,(H,27,31)/t16-/m0/s1. The molecule has 1 saturated heterocycles. The highest BCUT2D eigenvalue weighted by molar-refractivity contribution is 7.10. The summed E-state index contributed by atoms with van der Waals surface area (Å²) in [6.45, 7) is 1.77. The van der Waals surface area contributed by atoms with E-state index in [4.69, 9.17) is 0 Å². The maximum Gasteiger partial charge on any atom is 0.443 e. The molecule has 4 N–H and O–H groups in total. The molecule has 1 aliphatic heterocycles. The number of hydrogen-bond donors (Lipinski definition) is 4. The van der Waals surface area contributed by atoms with Crippen molar-refractivity contribution in [2.24, 2.45) is 0 Å². The summed E-state index contributed by atoms with van der Waals surface area (Å²) in [6.07, 6.45) is -3.42. The van der Waals surface area contributed by atoms with Gasteiger partial charge in [-0.2, -0.15) is 13.2 Å². The molecule has 1 aromatic carbocycles. The lowest BCUT2D eigenvalue weighted by Gasteiger charge is -2.34. The van der Waals surface area contributed by atoms with Crippen molar-refractivity contribution in [2.45, 2.75) is 37.6 Å². The van der Waals surface area contributed by atoms with Crippen LogP contribution in [0.25, 0.3) is 0 Å². The van der Waals surface area contributed by atoms with E-state index in [-0.39, 0.29) is 29.0 Å². The molecule has 178 valence electrons. The van der Waals surface area contributed by atoms with E-state index in [2.05, 4.69) is 20.2 Å². The quantitative estimate of drug-likeness (QED) is 0.396. The first-order chi connectivity index (χ1) is 15.7. The molecule has 0 aliphatic carbocycles. The topological polar surface area (TPSA) is 101 Å².